The van der Waals surface area contributed by atoms with Crippen LogP contribution in [-0.4, -0.2) is 28.9 Å². The maximum Gasteiger partial charge on any atom is 0.291 e. The van der Waals surface area contributed by atoms with Gasteiger partial charge in [0.2, 0.25) is 0 Å². The van der Waals surface area contributed by atoms with Gasteiger partial charge in [0.05, 0.1) is 12.8 Å². The standard InChI is InChI=1S/C21H22N4O3/c1-3-27-20-12-17(13-22-25-21(26)18-11-15(2)23-24-18)9-10-19(20)28-14-16-7-5-4-6-8-16/h4-13H,3,14H2,1-2H3,(H,23,24)(H,25,26). The Bertz CT molecular complexity index is 951. The number of aromatic nitrogens is 2. The average molecular weight is 378 g/mol. The number of aromatic amines is 1. The largest absolute Gasteiger partial charge is 0.490 e. The van der Waals surface area contributed by atoms with Crippen LogP contribution >= 0.6 is 0 Å². The van der Waals surface area contributed by atoms with E-state index in [0.29, 0.717) is 24.7 Å². The zero-order chi connectivity index (χ0) is 19.8. The van der Waals surface area contributed by atoms with E-state index in [-0.39, 0.29) is 11.6 Å². The van der Waals surface area contributed by atoms with Crippen LogP contribution < -0.4 is 14.9 Å². The SMILES string of the molecule is CCOc1cc(C=NNC(=O)c2cc(C)[nH]n2)ccc1OCc1ccccc1. The zero-order valence-electron chi connectivity index (χ0n) is 15.8. The van der Waals surface area contributed by atoms with Crippen molar-refractivity contribution in [1.82, 2.24) is 15.6 Å². The lowest BCUT2D eigenvalue weighted by Crippen LogP contribution is -2.18. The van der Waals surface area contributed by atoms with Crippen molar-refractivity contribution in [1.29, 1.82) is 0 Å². The zero-order valence-corrected chi connectivity index (χ0v) is 15.8. The van der Waals surface area contributed by atoms with Gasteiger partial charge in [-0.3, -0.25) is 9.89 Å². The third kappa shape index (κ3) is 5.20. The lowest BCUT2D eigenvalue weighted by atomic mass is 10.2. The Kier molecular flexibility index (Phi) is 6.41. The van der Waals surface area contributed by atoms with Crippen molar-refractivity contribution in [2.75, 3.05) is 6.61 Å². The molecule has 0 saturated heterocycles. The van der Waals surface area contributed by atoms with Crippen molar-refractivity contribution < 1.29 is 14.3 Å². The molecule has 0 spiro atoms. The Balaban J connectivity index is 1.65. The molecule has 1 aromatic heterocycles. The highest BCUT2D eigenvalue weighted by atomic mass is 16.5. The molecule has 1 amide bonds. The first-order valence-corrected chi connectivity index (χ1v) is 8.94. The molecule has 0 aliphatic rings. The third-order valence-electron chi connectivity index (χ3n) is 3.82. The third-order valence-corrected chi connectivity index (χ3v) is 3.82. The van der Waals surface area contributed by atoms with Gasteiger partial charge >= 0.3 is 0 Å². The second-order valence-corrected chi connectivity index (χ2v) is 6.05. The van der Waals surface area contributed by atoms with Gasteiger partial charge < -0.3 is 9.47 Å². The van der Waals surface area contributed by atoms with Crippen molar-refractivity contribution in [3.8, 4) is 11.5 Å². The Hall–Kier alpha value is -3.61. The predicted molar refractivity (Wildman–Crippen MR) is 107 cm³/mol. The highest BCUT2D eigenvalue weighted by Gasteiger charge is 2.08. The number of H-pyrrole nitrogens is 1. The molecule has 0 radical (unpaired) electrons. The number of benzene rings is 2. The molecule has 3 aromatic rings. The van der Waals surface area contributed by atoms with Crippen LogP contribution in [0, 0.1) is 6.92 Å². The molecule has 0 aliphatic carbocycles. The van der Waals surface area contributed by atoms with Crippen molar-refractivity contribution in [2.24, 2.45) is 5.10 Å². The van der Waals surface area contributed by atoms with E-state index in [4.69, 9.17) is 9.47 Å². The minimum atomic E-state index is -0.381. The highest BCUT2D eigenvalue weighted by molar-refractivity contribution is 5.93. The van der Waals surface area contributed by atoms with Crippen LogP contribution in [0.4, 0.5) is 0 Å². The van der Waals surface area contributed by atoms with E-state index in [1.54, 1.807) is 12.3 Å². The second kappa shape index (κ2) is 9.36. The Morgan fingerprint density at radius 2 is 1.96 bits per heavy atom. The van der Waals surface area contributed by atoms with Crippen LogP contribution in [0.15, 0.2) is 59.7 Å². The Morgan fingerprint density at radius 1 is 1.14 bits per heavy atom. The molecule has 2 aromatic carbocycles. The van der Waals surface area contributed by atoms with Gasteiger partial charge in [-0.25, -0.2) is 5.43 Å². The molecule has 7 nitrogen and oxygen atoms in total. The summed E-state index contributed by atoms with van der Waals surface area (Å²) in [7, 11) is 0. The average Bonchev–Trinajstić information content (AvgIpc) is 3.15. The Morgan fingerprint density at radius 3 is 2.68 bits per heavy atom. The molecule has 0 aliphatic heterocycles. The number of ether oxygens (including phenoxy) is 2. The fraction of sp³-hybridized carbons (Fsp3) is 0.190. The fourth-order valence-corrected chi connectivity index (χ4v) is 2.48. The number of amides is 1. The summed E-state index contributed by atoms with van der Waals surface area (Å²) in [6.07, 6.45) is 1.54. The molecule has 3 rings (SSSR count). The maximum absolute atomic E-state index is 11.9. The molecule has 2 N–H and O–H groups in total. The summed E-state index contributed by atoms with van der Waals surface area (Å²) < 4.78 is 11.6. The minimum Gasteiger partial charge on any atom is -0.490 e. The van der Waals surface area contributed by atoms with Crippen molar-refractivity contribution in [3.05, 3.63) is 77.1 Å². The minimum absolute atomic E-state index is 0.286. The van der Waals surface area contributed by atoms with Crippen molar-refractivity contribution >= 4 is 12.1 Å². The number of aryl methyl sites for hydroxylation is 1. The second-order valence-electron chi connectivity index (χ2n) is 6.05. The molecule has 0 fully saturated rings. The summed E-state index contributed by atoms with van der Waals surface area (Å²) >= 11 is 0. The summed E-state index contributed by atoms with van der Waals surface area (Å²) in [5.41, 5.74) is 5.39. The number of rotatable bonds is 8. The van der Waals surface area contributed by atoms with Gasteiger partial charge in [-0.15, -0.1) is 0 Å². The van der Waals surface area contributed by atoms with Gasteiger partial charge in [-0.2, -0.15) is 10.2 Å². The monoisotopic (exact) mass is 378 g/mol. The van der Waals surface area contributed by atoms with Gasteiger partial charge in [0.1, 0.15) is 6.61 Å². The molecule has 0 atom stereocenters. The molecule has 1 heterocycles. The maximum atomic E-state index is 11.9. The number of hydrogen-bond acceptors (Lipinski definition) is 5. The van der Waals surface area contributed by atoms with E-state index < -0.39 is 0 Å². The lowest BCUT2D eigenvalue weighted by molar-refractivity contribution is 0.0950. The van der Waals surface area contributed by atoms with Gasteiger partial charge in [-0.1, -0.05) is 30.3 Å². The van der Waals surface area contributed by atoms with E-state index in [1.165, 1.54) is 0 Å². The molecule has 7 heteroatoms. The van der Waals surface area contributed by atoms with Gasteiger partial charge in [-0.05, 0) is 49.2 Å². The van der Waals surface area contributed by atoms with E-state index in [1.807, 2.05) is 62.4 Å². The summed E-state index contributed by atoms with van der Waals surface area (Å²) in [5, 5.41) is 10.6. The summed E-state index contributed by atoms with van der Waals surface area (Å²) in [4.78, 5) is 11.9. The van der Waals surface area contributed by atoms with Crippen LogP contribution in [-0.2, 0) is 6.61 Å². The topological polar surface area (TPSA) is 88.6 Å². The van der Waals surface area contributed by atoms with E-state index in [0.717, 1.165) is 16.8 Å². The van der Waals surface area contributed by atoms with E-state index in [2.05, 4.69) is 20.7 Å². The summed E-state index contributed by atoms with van der Waals surface area (Å²) in [6.45, 7) is 4.70. The first-order valence-electron chi connectivity index (χ1n) is 8.94. The number of nitrogens with one attached hydrogen (secondary N) is 2. The van der Waals surface area contributed by atoms with Crippen LogP contribution in [0.3, 0.4) is 0 Å². The quantitative estimate of drug-likeness (QED) is 0.464. The van der Waals surface area contributed by atoms with E-state index >= 15 is 0 Å². The van der Waals surface area contributed by atoms with Crippen LogP contribution in [0.2, 0.25) is 0 Å². The number of nitrogens with zero attached hydrogens (tertiary/aromatic N) is 2. The fourth-order valence-electron chi connectivity index (χ4n) is 2.48. The lowest BCUT2D eigenvalue weighted by Gasteiger charge is -2.12. The molecular formula is C21H22N4O3. The van der Waals surface area contributed by atoms with Gasteiger partial charge in [0, 0.05) is 5.69 Å². The van der Waals surface area contributed by atoms with E-state index in [9.17, 15) is 4.79 Å². The molecular weight excluding hydrogens is 356 g/mol. The predicted octanol–water partition coefficient (Wildman–Crippen LogP) is 3.46. The van der Waals surface area contributed by atoms with Crippen LogP contribution in [0.1, 0.15) is 34.2 Å². The molecule has 28 heavy (non-hydrogen) atoms. The summed E-state index contributed by atoms with van der Waals surface area (Å²) in [6, 6.07) is 17.1. The highest BCUT2D eigenvalue weighted by Crippen LogP contribution is 2.28. The molecule has 0 bridgehead atoms. The van der Waals surface area contributed by atoms with Crippen LogP contribution in [0.25, 0.3) is 0 Å². The van der Waals surface area contributed by atoms with Crippen molar-refractivity contribution in [3.63, 3.8) is 0 Å². The summed E-state index contributed by atoms with van der Waals surface area (Å²) in [5.74, 6) is 0.893. The van der Waals surface area contributed by atoms with Gasteiger partial charge in [0.25, 0.3) is 5.91 Å². The Labute approximate surface area is 163 Å². The van der Waals surface area contributed by atoms with Crippen molar-refractivity contribution in [2.45, 2.75) is 20.5 Å². The number of hydrogen-bond donors (Lipinski definition) is 2. The first kappa shape index (κ1) is 19.2. The molecule has 144 valence electrons. The molecule has 0 unspecified atom stereocenters. The number of carbonyl (C=O) groups excluding carboxylic acids is 1. The normalized spacial score (nSPS) is 10.8. The smallest absolute Gasteiger partial charge is 0.291 e. The van der Waals surface area contributed by atoms with Gasteiger partial charge in [0.15, 0.2) is 17.2 Å². The van der Waals surface area contributed by atoms with Crippen LogP contribution in [0.5, 0.6) is 11.5 Å². The number of hydrazone groups is 1. The first-order chi connectivity index (χ1) is 13.7. The molecule has 0 saturated carbocycles. The number of carbonyl (C=O) groups is 1.